The average molecular weight is 387 g/mol. The van der Waals surface area contributed by atoms with Crippen molar-refractivity contribution in [2.24, 2.45) is 0 Å². The van der Waals surface area contributed by atoms with Gasteiger partial charge in [-0.25, -0.2) is 4.79 Å². The molecule has 2 aromatic rings. The number of amides is 2. The first kappa shape index (κ1) is 18.9. The van der Waals surface area contributed by atoms with Gasteiger partial charge in [0.05, 0.1) is 18.5 Å². The smallest absolute Gasteiger partial charge is 0.335 e. The zero-order valence-corrected chi connectivity index (χ0v) is 15.4. The van der Waals surface area contributed by atoms with Crippen LogP contribution in [0.1, 0.15) is 21.5 Å². The van der Waals surface area contributed by atoms with Crippen LogP contribution in [-0.4, -0.2) is 52.3 Å². The van der Waals surface area contributed by atoms with E-state index in [0.717, 1.165) is 5.56 Å². The van der Waals surface area contributed by atoms with E-state index in [0.29, 0.717) is 30.2 Å². The number of piperazine rings is 1. The molecule has 0 aliphatic carbocycles. The molecular formula is C20H19ClN2O4. The van der Waals surface area contributed by atoms with Crippen molar-refractivity contribution in [3.8, 4) is 0 Å². The number of rotatable bonds is 5. The molecule has 27 heavy (non-hydrogen) atoms. The van der Waals surface area contributed by atoms with Crippen LogP contribution in [0.25, 0.3) is 0 Å². The van der Waals surface area contributed by atoms with E-state index in [-0.39, 0.29) is 30.3 Å². The lowest BCUT2D eigenvalue weighted by molar-refractivity contribution is -0.145. The maximum Gasteiger partial charge on any atom is 0.335 e. The SMILES string of the molecule is O=C(O)c1ccccc1CC(=O)N1CCN(Cc2ccc(Cl)cc2)C(=O)C1. The maximum atomic E-state index is 12.5. The minimum Gasteiger partial charge on any atom is -0.478 e. The number of hydrogen-bond donors (Lipinski definition) is 1. The number of carboxylic acids is 1. The molecule has 1 heterocycles. The molecule has 7 heteroatoms. The molecule has 0 bridgehead atoms. The van der Waals surface area contributed by atoms with Crippen LogP contribution in [0.5, 0.6) is 0 Å². The summed E-state index contributed by atoms with van der Waals surface area (Å²) in [6.45, 7) is 1.34. The molecule has 0 radical (unpaired) electrons. The van der Waals surface area contributed by atoms with Crippen LogP contribution in [0, 0.1) is 0 Å². The Kier molecular flexibility index (Phi) is 5.76. The molecule has 1 saturated heterocycles. The molecule has 2 amide bonds. The van der Waals surface area contributed by atoms with E-state index < -0.39 is 5.97 Å². The summed E-state index contributed by atoms with van der Waals surface area (Å²) in [6.07, 6.45) is -0.0348. The summed E-state index contributed by atoms with van der Waals surface area (Å²) in [5.41, 5.74) is 1.53. The summed E-state index contributed by atoms with van der Waals surface area (Å²) in [5.74, 6) is -1.44. The van der Waals surface area contributed by atoms with Crippen LogP contribution >= 0.6 is 11.6 Å². The van der Waals surface area contributed by atoms with Crippen LogP contribution in [-0.2, 0) is 22.6 Å². The van der Waals surface area contributed by atoms with Crippen molar-refractivity contribution in [1.82, 2.24) is 9.80 Å². The highest BCUT2D eigenvalue weighted by molar-refractivity contribution is 6.30. The summed E-state index contributed by atoms with van der Waals surface area (Å²) in [7, 11) is 0. The molecule has 140 valence electrons. The fourth-order valence-electron chi connectivity index (χ4n) is 3.06. The second kappa shape index (κ2) is 8.22. The molecule has 2 aromatic carbocycles. The second-order valence-electron chi connectivity index (χ2n) is 6.40. The van der Waals surface area contributed by atoms with E-state index >= 15 is 0 Å². The average Bonchev–Trinajstić information content (AvgIpc) is 2.65. The molecule has 1 fully saturated rings. The van der Waals surface area contributed by atoms with Gasteiger partial charge in [-0.2, -0.15) is 0 Å². The number of carbonyl (C=O) groups excluding carboxylic acids is 2. The topological polar surface area (TPSA) is 77.9 Å². The summed E-state index contributed by atoms with van der Waals surface area (Å²) in [4.78, 5) is 39.4. The van der Waals surface area contributed by atoms with E-state index in [9.17, 15) is 19.5 Å². The zero-order chi connectivity index (χ0) is 19.4. The number of carboxylic acid groups (broad SMARTS) is 1. The first-order valence-electron chi connectivity index (χ1n) is 8.55. The summed E-state index contributed by atoms with van der Waals surface area (Å²) >= 11 is 5.87. The first-order chi connectivity index (χ1) is 12.9. The molecule has 1 aliphatic rings. The monoisotopic (exact) mass is 386 g/mol. The molecule has 0 aromatic heterocycles. The molecule has 0 atom stereocenters. The number of aromatic carboxylic acids is 1. The van der Waals surface area contributed by atoms with Gasteiger partial charge < -0.3 is 14.9 Å². The Morgan fingerprint density at radius 2 is 1.74 bits per heavy atom. The molecule has 1 N–H and O–H groups in total. The minimum atomic E-state index is -1.07. The first-order valence-corrected chi connectivity index (χ1v) is 8.93. The van der Waals surface area contributed by atoms with E-state index in [1.54, 1.807) is 35.2 Å². The van der Waals surface area contributed by atoms with Gasteiger partial charge in [-0.15, -0.1) is 0 Å². The van der Waals surface area contributed by atoms with Crippen molar-refractivity contribution in [3.63, 3.8) is 0 Å². The number of carbonyl (C=O) groups is 3. The highest BCUT2D eigenvalue weighted by atomic mass is 35.5. The fraction of sp³-hybridized carbons (Fsp3) is 0.250. The Hall–Kier alpha value is -2.86. The Labute approximate surface area is 162 Å². The van der Waals surface area contributed by atoms with Gasteiger partial charge in [-0.3, -0.25) is 9.59 Å². The maximum absolute atomic E-state index is 12.5. The number of halogens is 1. The normalized spacial score (nSPS) is 14.3. The predicted molar refractivity (Wildman–Crippen MR) is 101 cm³/mol. The summed E-state index contributed by atoms with van der Waals surface area (Å²) in [5, 5.41) is 9.87. The Morgan fingerprint density at radius 1 is 1.04 bits per heavy atom. The molecule has 0 saturated carbocycles. The quantitative estimate of drug-likeness (QED) is 0.856. The van der Waals surface area contributed by atoms with Crippen LogP contribution in [0.4, 0.5) is 0 Å². The largest absolute Gasteiger partial charge is 0.478 e. The molecule has 3 rings (SSSR count). The van der Waals surface area contributed by atoms with Gasteiger partial charge in [0.15, 0.2) is 0 Å². The van der Waals surface area contributed by atoms with Gasteiger partial charge in [0.25, 0.3) is 0 Å². The lowest BCUT2D eigenvalue weighted by Crippen LogP contribution is -2.52. The van der Waals surface area contributed by atoms with Gasteiger partial charge in [-0.1, -0.05) is 41.9 Å². The van der Waals surface area contributed by atoms with Crippen molar-refractivity contribution in [2.75, 3.05) is 19.6 Å². The van der Waals surface area contributed by atoms with Crippen molar-refractivity contribution in [2.45, 2.75) is 13.0 Å². The van der Waals surface area contributed by atoms with Crippen LogP contribution in [0.2, 0.25) is 5.02 Å². The predicted octanol–water partition coefficient (Wildman–Crippen LogP) is 2.45. The van der Waals surface area contributed by atoms with Crippen LogP contribution in [0.3, 0.4) is 0 Å². The number of benzene rings is 2. The third-order valence-electron chi connectivity index (χ3n) is 4.55. The Balaban J connectivity index is 1.60. The van der Waals surface area contributed by atoms with Gasteiger partial charge >= 0.3 is 5.97 Å². The van der Waals surface area contributed by atoms with E-state index in [4.69, 9.17) is 11.6 Å². The Morgan fingerprint density at radius 3 is 2.41 bits per heavy atom. The van der Waals surface area contributed by atoms with Crippen LogP contribution < -0.4 is 0 Å². The second-order valence-corrected chi connectivity index (χ2v) is 6.83. The summed E-state index contributed by atoms with van der Waals surface area (Å²) < 4.78 is 0. The Bertz CT molecular complexity index is 867. The van der Waals surface area contributed by atoms with Gasteiger partial charge in [0.1, 0.15) is 0 Å². The summed E-state index contributed by atoms with van der Waals surface area (Å²) in [6, 6.07) is 13.7. The highest BCUT2D eigenvalue weighted by Crippen LogP contribution is 2.15. The van der Waals surface area contributed by atoms with Gasteiger partial charge in [0.2, 0.25) is 11.8 Å². The molecular weight excluding hydrogens is 368 g/mol. The van der Waals surface area contributed by atoms with Crippen LogP contribution in [0.15, 0.2) is 48.5 Å². The lowest BCUT2D eigenvalue weighted by atomic mass is 10.0. The van der Waals surface area contributed by atoms with E-state index in [2.05, 4.69) is 0 Å². The van der Waals surface area contributed by atoms with Gasteiger partial charge in [-0.05, 0) is 29.3 Å². The number of nitrogens with zero attached hydrogens (tertiary/aromatic N) is 2. The third-order valence-corrected chi connectivity index (χ3v) is 4.80. The van der Waals surface area contributed by atoms with E-state index in [1.165, 1.54) is 11.0 Å². The van der Waals surface area contributed by atoms with Crippen molar-refractivity contribution >= 4 is 29.4 Å². The highest BCUT2D eigenvalue weighted by Gasteiger charge is 2.27. The molecule has 0 spiro atoms. The molecule has 1 aliphatic heterocycles. The fourth-order valence-corrected chi connectivity index (χ4v) is 3.18. The third kappa shape index (κ3) is 4.65. The van der Waals surface area contributed by atoms with Crippen molar-refractivity contribution < 1.29 is 19.5 Å². The molecule has 6 nitrogen and oxygen atoms in total. The molecule has 0 unspecified atom stereocenters. The zero-order valence-electron chi connectivity index (χ0n) is 14.6. The standard InChI is InChI=1S/C20H19ClN2O4/c21-16-7-5-14(6-8-16)12-22-9-10-23(13-19(22)25)18(24)11-15-3-1-2-4-17(15)20(26)27/h1-8H,9-13H2,(H,26,27). The van der Waals surface area contributed by atoms with Crippen molar-refractivity contribution in [3.05, 3.63) is 70.2 Å². The lowest BCUT2D eigenvalue weighted by Gasteiger charge is -2.34. The number of hydrogen-bond acceptors (Lipinski definition) is 3. The van der Waals surface area contributed by atoms with E-state index in [1.807, 2.05) is 12.1 Å². The van der Waals surface area contributed by atoms with Gasteiger partial charge in [0, 0.05) is 24.7 Å². The minimum absolute atomic E-state index is 0.00165. The van der Waals surface area contributed by atoms with Crippen molar-refractivity contribution in [1.29, 1.82) is 0 Å².